The fourth-order valence-corrected chi connectivity index (χ4v) is 5.66. The van der Waals surface area contributed by atoms with Gasteiger partial charge in [0.2, 0.25) is 11.8 Å². The van der Waals surface area contributed by atoms with Crippen LogP contribution in [0.5, 0.6) is 5.88 Å². The van der Waals surface area contributed by atoms with E-state index in [9.17, 15) is 36.3 Å². The Balaban J connectivity index is 2.03. The maximum atomic E-state index is 13.7. The number of methoxy groups -OCH3 is 1. The third-order valence-electron chi connectivity index (χ3n) is 6.02. The predicted octanol–water partition coefficient (Wildman–Crippen LogP) is 2.87. The van der Waals surface area contributed by atoms with Crippen LogP contribution in [0, 0.1) is 0 Å². The zero-order valence-electron chi connectivity index (χ0n) is 21.0. The number of carbonyl (C=O) groups is 2. The van der Waals surface area contributed by atoms with Gasteiger partial charge in [-0.15, -0.1) is 4.31 Å². The normalized spacial score (nSPS) is 20.2. The maximum absolute atomic E-state index is 13.7. The molecule has 2 atom stereocenters. The number of aromatic nitrogens is 1. The largest absolute Gasteiger partial charge is 0.464 e. The molecule has 0 saturated carbocycles. The number of carbonyl (C=O) groups excluding carboxylic acids is 1. The molecule has 12 nitrogen and oxygen atoms in total. The minimum Gasteiger partial charge on any atom is -0.464 e. The van der Waals surface area contributed by atoms with E-state index in [2.05, 4.69) is 4.98 Å². The lowest BCUT2D eigenvalue weighted by molar-refractivity contribution is -0.162. The monoisotopic (exact) mass is 610 g/mol. The van der Waals surface area contributed by atoms with Crippen LogP contribution in [-0.4, -0.2) is 77.8 Å². The van der Waals surface area contributed by atoms with E-state index < -0.39 is 76.2 Å². The fraction of sp³-hybridized carbons (Fsp3) is 0.435. The van der Waals surface area contributed by atoms with Crippen LogP contribution in [0.4, 0.5) is 18.0 Å². The zero-order chi connectivity index (χ0) is 29.7. The van der Waals surface area contributed by atoms with Crippen molar-refractivity contribution in [2.75, 3.05) is 26.9 Å². The van der Waals surface area contributed by atoms with Crippen LogP contribution >= 0.6 is 11.6 Å². The maximum Gasteiger partial charge on any atom is 0.422 e. The predicted molar refractivity (Wildman–Crippen MR) is 133 cm³/mol. The molecule has 40 heavy (non-hydrogen) atoms. The van der Waals surface area contributed by atoms with Gasteiger partial charge in [-0.25, -0.2) is 9.78 Å². The Morgan fingerprint density at radius 1 is 1.27 bits per heavy atom. The molecule has 2 aromatic rings. The molecular weight excluding hydrogens is 585 g/mol. The third kappa shape index (κ3) is 7.11. The van der Waals surface area contributed by atoms with Crippen LogP contribution in [0.25, 0.3) is 0 Å². The SMILES string of the molecule is COCCOC1(C(N)=O)CCN(S(=O)(=O)N(Cc2ccccc2)C(=O)O)C(Oc2ncc(C(F)(F)F)cc2Cl)C1. The third-order valence-corrected chi connectivity index (χ3v) is 8.14. The van der Waals surface area contributed by atoms with E-state index in [0.29, 0.717) is 22.1 Å². The Morgan fingerprint density at radius 2 is 1.95 bits per heavy atom. The summed E-state index contributed by atoms with van der Waals surface area (Å²) in [4.78, 5) is 28.1. The molecule has 1 aliphatic rings. The van der Waals surface area contributed by atoms with Crippen molar-refractivity contribution in [3.63, 3.8) is 0 Å². The summed E-state index contributed by atoms with van der Waals surface area (Å²) in [6.07, 6.45) is -8.73. The summed E-state index contributed by atoms with van der Waals surface area (Å²) >= 11 is 5.97. The zero-order valence-corrected chi connectivity index (χ0v) is 22.6. The molecule has 17 heteroatoms. The molecule has 1 aliphatic heterocycles. The van der Waals surface area contributed by atoms with Gasteiger partial charge < -0.3 is 25.1 Å². The first-order valence-electron chi connectivity index (χ1n) is 11.6. The number of amides is 2. The molecule has 1 fully saturated rings. The average Bonchev–Trinajstić information content (AvgIpc) is 2.88. The second-order valence-electron chi connectivity index (χ2n) is 8.63. The summed E-state index contributed by atoms with van der Waals surface area (Å²) in [5.41, 5.74) is 2.98. The van der Waals surface area contributed by atoms with Crippen molar-refractivity contribution >= 4 is 33.8 Å². The summed E-state index contributed by atoms with van der Waals surface area (Å²) in [5, 5.41) is 9.18. The molecule has 0 radical (unpaired) electrons. The number of rotatable bonds is 11. The van der Waals surface area contributed by atoms with Gasteiger partial charge in [0.15, 0.2) is 11.8 Å². The molecule has 3 N–H and O–H groups in total. The average molecular weight is 611 g/mol. The van der Waals surface area contributed by atoms with E-state index in [1.807, 2.05) is 0 Å². The van der Waals surface area contributed by atoms with E-state index in [4.69, 9.17) is 31.5 Å². The Bertz CT molecular complexity index is 1320. The Labute approximate surface area is 232 Å². The van der Waals surface area contributed by atoms with Crippen LogP contribution in [0.1, 0.15) is 24.0 Å². The first-order valence-corrected chi connectivity index (χ1v) is 13.4. The Hall–Kier alpha value is -3.18. The van der Waals surface area contributed by atoms with Crippen molar-refractivity contribution in [1.82, 2.24) is 13.6 Å². The molecule has 220 valence electrons. The first kappa shape index (κ1) is 31.3. The Morgan fingerprint density at radius 3 is 2.50 bits per heavy atom. The van der Waals surface area contributed by atoms with Crippen molar-refractivity contribution in [3.8, 4) is 5.88 Å². The van der Waals surface area contributed by atoms with Crippen molar-refractivity contribution in [2.45, 2.75) is 37.4 Å². The van der Waals surface area contributed by atoms with E-state index >= 15 is 0 Å². The summed E-state index contributed by atoms with van der Waals surface area (Å²) in [6.45, 7) is -1.14. The Kier molecular flexibility index (Phi) is 9.84. The molecule has 0 bridgehead atoms. The minimum atomic E-state index is -4.88. The van der Waals surface area contributed by atoms with Crippen molar-refractivity contribution in [2.24, 2.45) is 5.73 Å². The van der Waals surface area contributed by atoms with E-state index in [-0.39, 0.29) is 23.9 Å². The quantitative estimate of drug-likeness (QED) is 0.364. The van der Waals surface area contributed by atoms with Crippen molar-refractivity contribution in [3.05, 3.63) is 58.7 Å². The van der Waals surface area contributed by atoms with Crippen LogP contribution in [0.3, 0.4) is 0 Å². The molecule has 2 unspecified atom stereocenters. The van der Waals surface area contributed by atoms with Gasteiger partial charge in [0.1, 0.15) is 5.02 Å². The number of primary amides is 1. The number of nitrogens with two attached hydrogens (primary N) is 1. The molecule has 2 heterocycles. The van der Waals surface area contributed by atoms with Crippen molar-refractivity contribution < 1.29 is 50.5 Å². The highest BCUT2D eigenvalue weighted by Crippen LogP contribution is 2.37. The second-order valence-corrected chi connectivity index (χ2v) is 10.8. The van der Waals surface area contributed by atoms with Gasteiger partial charge in [0, 0.05) is 26.3 Å². The standard InChI is InChI=1S/C23H26ClF3N4O8S/c1-37-9-10-38-22(20(28)32)7-8-30(40(35,36)31(21(33)34)14-15-5-3-2-4-6-15)18(12-22)39-19-17(24)11-16(13-29-19)23(25,26)27/h2-6,11,13,18H,7-10,12,14H2,1H3,(H2,28,32)(H,33,34). The number of piperidine rings is 1. The number of carboxylic acid groups (broad SMARTS) is 1. The smallest absolute Gasteiger partial charge is 0.422 e. The van der Waals surface area contributed by atoms with Gasteiger partial charge in [-0.1, -0.05) is 41.9 Å². The number of pyridine rings is 1. The second kappa shape index (κ2) is 12.6. The molecule has 0 spiro atoms. The number of alkyl halides is 3. The molecular formula is C23H26ClF3N4O8S. The summed E-state index contributed by atoms with van der Waals surface area (Å²) in [5.74, 6) is -1.57. The van der Waals surface area contributed by atoms with Gasteiger partial charge >= 0.3 is 22.5 Å². The van der Waals surface area contributed by atoms with Crippen LogP contribution in [0.2, 0.25) is 5.02 Å². The topological polar surface area (TPSA) is 162 Å². The highest BCUT2D eigenvalue weighted by atomic mass is 35.5. The molecule has 1 aromatic heterocycles. The number of hydrogen-bond donors (Lipinski definition) is 2. The number of benzene rings is 1. The molecule has 1 saturated heterocycles. The van der Waals surface area contributed by atoms with E-state index in [1.54, 1.807) is 18.2 Å². The lowest BCUT2D eigenvalue weighted by atomic mass is 9.90. The summed E-state index contributed by atoms with van der Waals surface area (Å²) in [6, 6.07) is 8.40. The van der Waals surface area contributed by atoms with Gasteiger partial charge in [-0.3, -0.25) is 4.79 Å². The number of ether oxygens (including phenoxy) is 3. The lowest BCUT2D eigenvalue weighted by Crippen LogP contribution is -2.62. The summed E-state index contributed by atoms with van der Waals surface area (Å²) in [7, 11) is -3.50. The molecule has 2 amide bonds. The van der Waals surface area contributed by atoms with Crippen molar-refractivity contribution in [1.29, 1.82) is 0 Å². The lowest BCUT2D eigenvalue weighted by Gasteiger charge is -2.44. The number of nitrogens with zero attached hydrogens (tertiary/aromatic N) is 3. The van der Waals surface area contributed by atoms with Crippen LogP contribution in [0.15, 0.2) is 42.6 Å². The fourth-order valence-electron chi connectivity index (χ4n) is 3.95. The van der Waals surface area contributed by atoms with Crippen LogP contribution in [-0.2, 0) is 37.2 Å². The van der Waals surface area contributed by atoms with E-state index in [1.165, 1.54) is 19.2 Å². The van der Waals surface area contributed by atoms with Gasteiger partial charge in [0.05, 0.1) is 25.3 Å². The van der Waals surface area contributed by atoms with E-state index in [0.717, 1.165) is 0 Å². The molecule has 0 aliphatic carbocycles. The highest BCUT2D eigenvalue weighted by Gasteiger charge is 2.51. The summed E-state index contributed by atoms with van der Waals surface area (Å²) < 4.78 is 83.6. The minimum absolute atomic E-state index is 0.0543. The highest BCUT2D eigenvalue weighted by molar-refractivity contribution is 7.87. The first-order chi connectivity index (χ1) is 18.7. The van der Waals surface area contributed by atoms with Gasteiger partial charge in [-0.2, -0.15) is 25.9 Å². The van der Waals surface area contributed by atoms with Crippen LogP contribution < -0.4 is 10.5 Å². The molecule has 3 rings (SSSR count). The van der Waals surface area contributed by atoms with Gasteiger partial charge in [-0.05, 0) is 18.1 Å². The van der Waals surface area contributed by atoms with Gasteiger partial charge in [0.25, 0.3) is 0 Å². The molecule has 1 aromatic carbocycles. The number of hydrogen-bond acceptors (Lipinski definition) is 8. The number of halogens is 4.